The lowest BCUT2D eigenvalue weighted by atomic mass is 10.0. The van der Waals surface area contributed by atoms with E-state index < -0.39 is 0 Å². The third-order valence-corrected chi connectivity index (χ3v) is 5.40. The summed E-state index contributed by atoms with van der Waals surface area (Å²) in [6, 6.07) is 17.1. The fraction of sp³-hybridized carbons (Fsp3) is 0.208. The highest BCUT2D eigenvalue weighted by atomic mass is 16.7. The summed E-state index contributed by atoms with van der Waals surface area (Å²) < 4.78 is 10.7. The van der Waals surface area contributed by atoms with Crippen molar-refractivity contribution in [2.75, 3.05) is 12.1 Å². The molecule has 2 heterocycles. The van der Waals surface area contributed by atoms with Gasteiger partial charge in [0.15, 0.2) is 11.5 Å². The Hall–Kier alpha value is -3.87. The maximum atomic E-state index is 12.8. The molecule has 1 amide bonds. The van der Waals surface area contributed by atoms with Crippen LogP contribution in [0.2, 0.25) is 0 Å². The molecule has 0 fully saturated rings. The largest absolute Gasteiger partial charge is 0.454 e. The minimum Gasteiger partial charge on any atom is -0.454 e. The molecular formula is C24H22N4O3. The van der Waals surface area contributed by atoms with Crippen LogP contribution in [0.15, 0.2) is 54.6 Å². The summed E-state index contributed by atoms with van der Waals surface area (Å²) in [5.41, 5.74) is 5.74. The summed E-state index contributed by atoms with van der Waals surface area (Å²) in [5, 5.41) is 12.2. The zero-order valence-corrected chi connectivity index (χ0v) is 17.5. The van der Waals surface area contributed by atoms with Gasteiger partial charge >= 0.3 is 0 Å². The Labute approximate surface area is 179 Å². The van der Waals surface area contributed by atoms with Crippen LogP contribution in [-0.4, -0.2) is 27.7 Å². The molecule has 4 aromatic rings. The minimum absolute atomic E-state index is 0.173. The number of amides is 1. The third kappa shape index (κ3) is 3.59. The van der Waals surface area contributed by atoms with Gasteiger partial charge in [0.1, 0.15) is 11.0 Å². The van der Waals surface area contributed by atoms with Crippen LogP contribution < -0.4 is 14.8 Å². The molecule has 31 heavy (non-hydrogen) atoms. The summed E-state index contributed by atoms with van der Waals surface area (Å²) >= 11 is 0. The molecule has 3 aromatic carbocycles. The summed E-state index contributed by atoms with van der Waals surface area (Å²) in [6.07, 6.45) is 0. The van der Waals surface area contributed by atoms with E-state index in [0.717, 1.165) is 16.8 Å². The fourth-order valence-corrected chi connectivity index (χ4v) is 3.54. The maximum absolute atomic E-state index is 12.8. The van der Waals surface area contributed by atoms with Gasteiger partial charge in [-0.25, -0.2) is 0 Å². The van der Waals surface area contributed by atoms with Crippen LogP contribution in [0.25, 0.3) is 16.7 Å². The van der Waals surface area contributed by atoms with Gasteiger partial charge in [-0.3, -0.25) is 4.79 Å². The van der Waals surface area contributed by atoms with E-state index in [1.165, 1.54) is 5.56 Å². The molecule has 0 radical (unpaired) electrons. The molecule has 1 aliphatic heterocycles. The third-order valence-electron chi connectivity index (χ3n) is 5.40. The highest BCUT2D eigenvalue weighted by Crippen LogP contribution is 2.33. The Kier molecular flexibility index (Phi) is 4.58. The first kappa shape index (κ1) is 19.1. The molecule has 0 atom stereocenters. The van der Waals surface area contributed by atoms with Gasteiger partial charge in [-0.2, -0.15) is 4.80 Å². The number of nitrogens with one attached hydrogen (secondary N) is 1. The number of rotatable bonds is 4. The Bertz CT molecular complexity index is 1290. The number of carbonyl (C=O) groups excluding carboxylic acids is 1. The first-order chi connectivity index (χ1) is 15.0. The molecule has 0 spiro atoms. The van der Waals surface area contributed by atoms with E-state index in [-0.39, 0.29) is 12.7 Å². The van der Waals surface area contributed by atoms with E-state index in [1.54, 1.807) is 23.0 Å². The molecule has 5 rings (SSSR count). The average Bonchev–Trinajstić information content (AvgIpc) is 3.40. The lowest BCUT2D eigenvalue weighted by Crippen LogP contribution is -2.12. The lowest BCUT2D eigenvalue weighted by Gasteiger charge is -2.08. The number of carbonyl (C=O) groups is 1. The number of hydrogen-bond acceptors (Lipinski definition) is 5. The monoisotopic (exact) mass is 414 g/mol. The molecule has 7 nitrogen and oxygen atoms in total. The zero-order chi connectivity index (χ0) is 21.5. The molecule has 0 bridgehead atoms. The molecular weight excluding hydrogens is 392 g/mol. The zero-order valence-electron chi connectivity index (χ0n) is 17.5. The molecule has 0 saturated heterocycles. The van der Waals surface area contributed by atoms with Crippen LogP contribution in [0.1, 0.15) is 41.3 Å². The first-order valence-corrected chi connectivity index (χ1v) is 10.2. The van der Waals surface area contributed by atoms with Gasteiger partial charge in [0.25, 0.3) is 5.91 Å². The highest BCUT2D eigenvalue weighted by molar-refractivity contribution is 6.05. The van der Waals surface area contributed by atoms with Crippen LogP contribution >= 0.6 is 0 Å². The molecule has 156 valence electrons. The number of benzene rings is 3. The summed E-state index contributed by atoms with van der Waals surface area (Å²) in [5.74, 6) is 1.47. The molecule has 0 aliphatic carbocycles. The number of hydrogen-bond donors (Lipinski definition) is 1. The number of fused-ring (bicyclic) bond motifs is 2. The lowest BCUT2D eigenvalue weighted by molar-refractivity contribution is 0.102. The van der Waals surface area contributed by atoms with Crippen LogP contribution in [0.4, 0.5) is 5.69 Å². The second kappa shape index (κ2) is 7.43. The first-order valence-electron chi connectivity index (χ1n) is 10.2. The van der Waals surface area contributed by atoms with Gasteiger partial charge in [-0.15, -0.1) is 10.2 Å². The van der Waals surface area contributed by atoms with E-state index in [9.17, 15) is 4.79 Å². The maximum Gasteiger partial charge on any atom is 0.255 e. The number of anilines is 1. The molecule has 0 saturated carbocycles. The Morgan fingerprint density at radius 2 is 1.68 bits per heavy atom. The van der Waals surface area contributed by atoms with Crippen LogP contribution in [0.5, 0.6) is 11.5 Å². The molecule has 1 aromatic heterocycles. The smallest absolute Gasteiger partial charge is 0.255 e. The van der Waals surface area contributed by atoms with Crippen LogP contribution in [0.3, 0.4) is 0 Å². The predicted molar refractivity (Wildman–Crippen MR) is 118 cm³/mol. The van der Waals surface area contributed by atoms with E-state index in [4.69, 9.17) is 9.47 Å². The Balaban J connectivity index is 1.42. The summed E-state index contributed by atoms with van der Waals surface area (Å²) in [6.45, 7) is 6.44. The molecule has 0 unspecified atom stereocenters. The van der Waals surface area contributed by atoms with Crippen molar-refractivity contribution in [2.24, 2.45) is 0 Å². The fourth-order valence-electron chi connectivity index (χ4n) is 3.54. The second-order valence-electron chi connectivity index (χ2n) is 7.91. The average molecular weight is 414 g/mol. The molecule has 7 heteroatoms. The van der Waals surface area contributed by atoms with Gasteiger partial charge in [0.2, 0.25) is 6.79 Å². The van der Waals surface area contributed by atoms with E-state index in [2.05, 4.69) is 41.5 Å². The Morgan fingerprint density at radius 1 is 0.968 bits per heavy atom. The summed E-state index contributed by atoms with van der Waals surface area (Å²) in [4.78, 5) is 14.4. The number of nitrogens with zero attached hydrogens (tertiary/aromatic N) is 3. The van der Waals surface area contributed by atoms with E-state index >= 15 is 0 Å². The van der Waals surface area contributed by atoms with Gasteiger partial charge in [0.05, 0.1) is 5.69 Å². The quantitative estimate of drug-likeness (QED) is 0.517. The second-order valence-corrected chi connectivity index (χ2v) is 7.91. The van der Waals surface area contributed by atoms with Gasteiger partial charge < -0.3 is 14.8 Å². The van der Waals surface area contributed by atoms with Crippen molar-refractivity contribution in [3.63, 3.8) is 0 Å². The van der Waals surface area contributed by atoms with Crippen molar-refractivity contribution in [3.05, 3.63) is 71.3 Å². The van der Waals surface area contributed by atoms with E-state index in [1.807, 2.05) is 31.2 Å². The summed E-state index contributed by atoms with van der Waals surface area (Å²) in [7, 11) is 0. The SMILES string of the molecule is Cc1cc2nn(-c3ccc(C(C)C)cc3)nc2cc1NC(=O)c1ccc2c(c1)OCO2. The normalized spacial score (nSPS) is 12.5. The number of aromatic nitrogens is 3. The minimum atomic E-state index is -0.225. The molecule has 1 N–H and O–H groups in total. The van der Waals surface area contributed by atoms with Gasteiger partial charge in [-0.1, -0.05) is 26.0 Å². The van der Waals surface area contributed by atoms with Crippen molar-refractivity contribution in [2.45, 2.75) is 26.7 Å². The van der Waals surface area contributed by atoms with Crippen molar-refractivity contribution >= 4 is 22.6 Å². The standard InChI is InChI=1S/C24H22N4O3/c1-14(2)16-4-7-18(8-5-16)28-26-20-10-15(3)19(12-21(20)27-28)25-24(29)17-6-9-22-23(11-17)31-13-30-22/h4-12,14H,13H2,1-3H3,(H,25,29). The number of aryl methyl sites for hydroxylation is 1. The van der Waals surface area contributed by atoms with Gasteiger partial charge in [-0.05, 0) is 66.4 Å². The van der Waals surface area contributed by atoms with Crippen molar-refractivity contribution in [3.8, 4) is 17.2 Å². The topological polar surface area (TPSA) is 78.3 Å². The highest BCUT2D eigenvalue weighted by Gasteiger charge is 2.17. The van der Waals surface area contributed by atoms with Crippen LogP contribution in [0, 0.1) is 6.92 Å². The van der Waals surface area contributed by atoms with Crippen molar-refractivity contribution in [1.29, 1.82) is 0 Å². The molecule has 1 aliphatic rings. The van der Waals surface area contributed by atoms with Crippen molar-refractivity contribution < 1.29 is 14.3 Å². The Morgan fingerprint density at radius 3 is 2.42 bits per heavy atom. The van der Waals surface area contributed by atoms with E-state index in [0.29, 0.717) is 34.2 Å². The van der Waals surface area contributed by atoms with Crippen LogP contribution in [-0.2, 0) is 0 Å². The number of ether oxygens (including phenoxy) is 2. The van der Waals surface area contributed by atoms with Crippen molar-refractivity contribution in [1.82, 2.24) is 15.0 Å². The predicted octanol–water partition coefficient (Wildman–Crippen LogP) is 4.83. The van der Waals surface area contributed by atoms with Gasteiger partial charge in [0, 0.05) is 11.3 Å².